The van der Waals surface area contributed by atoms with Crippen LogP contribution in [0.1, 0.15) is 18.2 Å². The van der Waals surface area contributed by atoms with Gasteiger partial charge in [-0.25, -0.2) is 9.78 Å². The molecule has 5 nitrogen and oxygen atoms in total. The molecular weight excluding hydrogens is 262 g/mol. The molecule has 2 aromatic rings. The lowest BCUT2D eigenvalue weighted by Gasteiger charge is -2.06. The number of H-pyrrole nitrogens is 1. The Hall–Kier alpha value is -1.40. The molecule has 2 aromatic heterocycles. The molecule has 0 aliphatic heterocycles. The highest BCUT2D eigenvalue weighted by Gasteiger charge is 2.11. The van der Waals surface area contributed by atoms with E-state index in [-0.39, 0.29) is 17.3 Å². The zero-order chi connectivity index (χ0) is 12.4. The number of aromatic amines is 1. The maximum Gasteiger partial charge on any atom is 0.329 e. The van der Waals surface area contributed by atoms with E-state index < -0.39 is 5.69 Å². The van der Waals surface area contributed by atoms with E-state index in [9.17, 15) is 9.59 Å². The molecule has 90 valence electrons. The van der Waals surface area contributed by atoms with Crippen molar-refractivity contribution in [2.75, 3.05) is 0 Å². The van der Waals surface area contributed by atoms with Crippen LogP contribution in [-0.2, 0) is 13.0 Å². The third kappa shape index (κ3) is 2.32. The molecule has 0 radical (unpaired) electrons. The minimum Gasteiger partial charge on any atom is -0.297 e. The van der Waals surface area contributed by atoms with Crippen molar-refractivity contribution in [3.05, 3.63) is 48.1 Å². The van der Waals surface area contributed by atoms with E-state index in [4.69, 9.17) is 11.6 Å². The number of hydrogen-bond donors (Lipinski definition) is 1. The molecule has 0 aliphatic rings. The quantitative estimate of drug-likeness (QED) is 0.855. The summed E-state index contributed by atoms with van der Waals surface area (Å²) < 4.78 is 1.11. The van der Waals surface area contributed by atoms with Crippen molar-refractivity contribution in [3.8, 4) is 0 Å². The summed E-state index contributed by atoms with van der Waals surface area (Å²) in [6, 6.07) is 0. The fraction of sp³-hybridized carbons (Fsp3) is 0.300. The summed E-state index contributed by atoms with van der Waals surface area (Å²) in [6.07, 6.45) is 0.478. The van der Waals surface area contributed by atoms with Crippen molar-refractivity contribution in [2.45, 2.75) is 19.9 Å². The third-order valence-electron chi connectivity index (χ3n) is 2.39. The van der Waals surface area contributed by atoms with Crippen LogP contribution >= 0.6 is 22.9 Å². The van der Waals surface area contributed by atoms with Crippen LogP contribution < -0.4 is 11.2 Å². The Morgan fingerprint density at radius 3 is 2.88 bits per heavy atom. The van der Waals surface area contributed by atoms with Gasteiger partial charge in [0.05, 0.1) is 23.3 Å². The molecule has 0 saturated heterocycles. The lowest BCUT2D eigenvalue weighted by molar-refractivity contribution is 0.676. The Balaban J connectivity index is 2.54. The van der Waals surface area contributed by atoms with Gasteiger partial charge in [0.2, 0.25) is 0 Å². The normalized spacial score (nSPS) is 10.7. The fourth-order valence-electron chi connectivity index (χ4n) is 1.51. The topological polar surface area (TPSA) is 67.8 Å². The van der Waals surface area contributed by atoms with Crippen molar-refractivity contribution in [2.24, 2.45) is 0 Å². The average molecular weight is 272 g/mol. The van der Waals surface area contributed by atoms with Crippen molar-refractivity contribution in [3.63, 3.8) is 0 Å². The molecule has 0 unspecified atom stereocenters. The number of hydrogen-bond acceptors (Lipinski definition) is 4. The maximum atomic E-state index is 12.0. The highest BCUT2D eigenvalue weighted by atomic mass is 35.5. The predicted octanol–water partition coefficient (Wildman–Crippen LogP) is 1.26. The Morgan fingerprint density at radius 2 is 2.29 bits per heavy atom. The molecule has 0 amide bonds. The van der Waals surface area contributed by atoms with Gasteiger partial charge in [0.25, 0.3) is 5.56 Å². The molecular formula is C10H10ClN3O2S. The van der Waals surface area contributed by atoms with Crippen LogP contribution in [0.5, 0.6) is 0 Å². The van der Waals surface area contributed by atoms with Gasteiger partial charge in [0.1, 0.15) is 5.15 Å². The van der Waals surface area contributed by atoms with Gasteiger partial charge in [0.15, 0.2) is 0 Å². The second kappa shape index (κ2) is 4.85. The maximum absolute atomic E-state index is 12.0. The lowest BCUT2D eigenvalue weighted by Crippen LogP contribution is -2.37. The van der Waals surface area contributed by atoms with Crippen LogP contribution in [0.2, 0.25) is 5.15 Å². The molecule has 0 bridgehead atoms. The van der Waals surface area contributed by atoms with Gasteiger partial charge in [-0.1, -0.05) is 18.5 Å². The third-order valence-corrected chi connectivity index (χ3v) is 3.35. The zero-order valence-corrected chi connectivity index (χ0v) is 10.6. The van der Waals surface area contributed by atoms with Crippen molar-refractivity contribution < 1.29 is 0 Å². The number of rotatable bonds is 3. The minimum absolute atomic E-state index is 0.122. The average Bonchev–Trinajstić information content (AvgIpc) is 2.77. The summed E-state index contributed by atoms with van der Waals surface area (Å²) in [5, 5.41) is 1.92. The Kier molecular flexibility index (Phi) is 3.44. The van der Waals surface area contributed by atoms with Gasteiger partial charge < -0.3 is 0 Å². The van der Waals surface area contributed by atoms with Gasteiger partial charge in [0, 0.05) is 5.38 Å². The molecule has 0 spiro atoms. The fourth-order valence-corrected chi connectivity index (χ4v) is 2.36. The van der Waals surface area contributed by atoms with E-state index in [0.717, 1.165) is 4.57 Å². The summed E-state index contributed by atoms with van der Waals surface area (Å²) in [4.78, 5) is 30.2. The first-order chi connectivity index (χ1) is 8.13. The van der Waals surface area contributed by atoms with Crippen LogP contribution in [0.3, 0.4) is 0 Å². The van der Waals surface area contributed by atoms with Crippen LogP contribution in [-0.4, -0.2) is 14.5 Å². The number of nitrogens with zero attached hydrogens (tertiary/aromatic N) is 2. The van der Waals surface area contributed by atoms with Crippen molar-refractivity contribution in [1.82, 2.24) is 14.5 Å². The Labute approximate surface area is 106 Å². The highest BCUT2D eigenvalue weighted by Crippen LogP contribution is 2.07. The first-order valence-corrected chi connectivity index (χ1v) is 6.34. The summed E-state index contributed by atoms with van der Waals surface area (Å²) in [5.41, 5.74) is 1.90. The summed E-state index contributed by atoms with van der Waals surface area (Å²) in [7, 11) is 0. The first kappa shape index (κ1) is 12.1. The highest BCUT2D eigenvalue weighted by molar-refractivity contribution is 7.07. The predicted molar refractivity (Wildman–Crippen MR) is 66.9 cm³/mol. The van der Waals surface area contributed by atoms with E-state index in [1.165, 1.54) is 11.3 Å². The number of thiazole rings is 1. The second-order valence-electron chi connectivity index (χ2n) is 3.45. The lowest BCUT2D eigenvalue weighted by atomic mass is 10.2. The van der Waals surface area contributed by atoms with E-state index in [0.29, 0.717) is 17.7 Å². The number of aromatic nitrogens is 3. The van der Waals surface area contributed by atoms with Crippen LogP contribution in [0.15, 0.2) is 20.5 Å². The van der Waals surface area contributed by atoms with E-state index in [2.05, 4.69) is 9.97 Å². The molecule has 2 heterocycles. The zero-order valence-electron chi connectivity index (χ0n) is 9.07. The van der Waals surface area contributed by atoms with Gasteiger partial charge in [-0.05, 0) is 6.42 Å². The van der Waals surface area contributed by atoms with Gasteiger partial charge in [-0.2, -0.15) is 0 Å². The van der Waals surface area contributed by atoms with Crippen molar-refractivity contribution >= 4 is 22.9 Å². The SMILES string of the molecule is CCc1c(Cl)[nH]c(=O)n(Cc2cscn2)c1=O. The number of halogens is 1. The first-order valence-electron chi connectivity index (χ1n) is 5.02. The van der Waals surface area contributed by atoms with Crippen LogP contribution in [0.25, 0.3) is 0 Å². The smallest absolute Gasteiger partial charge is 0.297 e. The summed E-state index contributed by atoms with van der Waals surface area (Å²) in [6.45, 7) is 1.98. The monoisotopic (exact) mass is 271 g/mol. The molecule has 17 heavy (non-hydrogen) atoms. The second-order valence-corrected chi connectivity index (χ2v) is 4.54. The Bertz CT molecular complexity index is 630. The molecule has 0 saturated carbocycles. The van der Waals surface area contributed by atoms with E-state index >= 15 is 0 Å². The van der Waals surface area contributed by atoms with Gasteiger partial charge in [-0.3, -0.25) is 14.3 Å². The van der Waals surface area contributed by atoms with Crippen LogP contribution in [0, 0.1) is 0 Å². The molecule has 2 rings (SSSR count). The summed E-state index contributed by atoms with van der Waals surface area (Å²) in [5.74, 6) is 0. The van der Waals surface area contributed by atoms with E-state index in [1.807, 2.05) is 6.92 Å². The standard InChI is InChI=1S/C10H10ClN3O2S/c1-2-7-8(11)13-10(16)14(9(7)15)3-6-4-17-5-12-6/h4-5H,2-3H2,1H3,(H,13,16). The molecule has 0 aromatic carbocycles. The molecule has 0 aliphatic carbocycles. The molecule has 0 fully saturated rings. The molecule has 7 heteroatoms. The summed E-state index contributed by atoms with van der Waals surface area (Å²) >= 11 is 7.23. The van der Waals surface area contributed by atoms with Gasteiger partial charge >= 0.3 is 5.69 Å². The Morgan fingerprint density at radius 1 is 1.53 bits per heavy atom. The number of nitrogens with one attached hydrogen (secondary N) is 1. The van der Waals surface area contributed by atoms with Crippen molar-refractivity contribution in [1.29, 1.82) is 0 Å². The largest absolute Gasteiger partial charge is 0.329 e. The van der Waals surface area contributed by atoms with Gasteiger partial charge in [-0.15, -0.1) is 11.3 Å². The molecule has 0 atom stereocenters. The van der Waals surface area contributed by atoms with E-state index in [1.54, 1.807) is 10.9 Å². The minimum atomic E-state index is -0.509. The van der Waals surface area contributed by atoms with Crippen LogP contribution in [0.4, 0.5) is 0 Å². The molecule has 1 N–H and O–H groups in total.